The van der Waals surface area contributed by atoms with Crippen LogP contribution in [0.25, 0.3) is 5.78 Å². The third-order valence-electron chi connectivity index (χ3n) is 4.74. The highest BCUT2D eigenvalue weighted by Crippen LogP contribution is 2.15. The number of aromatic carboxylic acids is 1. The van der Waals surface area contributed by atoms with Crippen molar-refractivity contribution in [1.82, 2.24) is 24.4 Å². The molecule has 0 aliphatic rings. The number of rotatable bonds is 7. The van der Waals surface area contributed by atoms with Gasteiger partial charge in [-0.05, 0) is 29.5 Å². The molecule has 0 aliphatic heterocycles. The summed E-state index contributed by atoms with van der Waals surface area (Å²) in [6.07, 6.45) is 0. The third kappa shape index (κ3) is 5.37. The number of nitrogens with one attached hydrogen (secondary N) is 3. The van der Waals surface area contributed by atoms with Crippen LogP contribution in [0, 0.1) is 5.82 Å². The van der Waals surface area contributed by atoms with Crippen LogP contribution in [-0.4, -0.2) is 43.7 Å². The molecule has 188 valence electrons. The maximum absolute atomic E-state index is 13.6. The van der Waals surface area contributed by atoms with E-state index < -0.39 is 40.0 Å². The van der Waals surface area contributed by atoms with Crippen molar-refractivity contribution in [3.63, 3.8) is 0 Å². The predicted octanol–water partition coefficient (Wildman–Crippen LogP) is -0.238. The smallest absolute Gasteiger partial charge is 0.363 e. The molecule has 0 saturated heterocycles. The number of hydrogen-bond acceptors (Lipinski definition) is 11. The lowest BCUT2D eigenvalue weighted by molar-refractivity contribution is 0.0590. The van der Waals surface area contributed by atoms with Crippen molar-refractivity contribution in [3.8, 4) is 0 Å². The number of carboxylic acids is 1. The van der Waals surface area contributed by atoms with Crippen molar-refractivity contribution < 1.29 is 23.8 Å². The van der Waals surface area contributed by atoms with Crippen LogP contribution >= 0.6 is 11.8 Å². The van der Waals surface area contributed by atoms with Gasteiger partial charge < -0.3 is 20.9 Å². The molecule has 0 aliphatic carbocycles. The van der Waals surface area contributed by atoms with E-state index in [1.54, 1.807) is 12.1 Å². The molecule has 2 aromatic carbocycles. The Morgan fingerprint density at radius 3 is 2.53 bits per heavy atom. The summed E-state index contributed by atoms with van der Waals surface area (Å²) in [5.74, 6) is -2.78. The number of aromatic nitrogens is 4. The average Bonchev–Trinajstić information content (AvgIpc) is 3.25. The standard InChI is InChI=1S/C12H11ClFN3O2.C8H6N4O5/c13-17-4-6-1-2-8(14)7(3-6)5-16-10-9(15)11(18)12(10)19;1-17-6(15)4-2-3(5(13)14)9-7-10-8(16)11-12(4)7/h1-3,16-17H,4-5,15H2;2H,1H3,(H,11,16)(H,13,14). The average molecular weight is 522 g/mol. The first-order chi connectivity index (χ1) is 17.1. The van der Waals surface area contributed by atoms with Crippen molar-refractivity contribution in [2.75, 3.05) is 18.2 Å². The summed E-state index contributed by atoms with van der Waals surface area (Å²) >= 11 is 5.38. The highest BCUT2D eigenvalue weighted by atomic mass is 35.5. The molecule has 16 heteroatoms. The summed E-state index contributed by atoms with van der Waals surface area (Å²) in [5.41, 5.74) is 3.75. The van der Waals surface area contributed by atoms with Crippen molar-refractivity contribution in [1.29, 1.82) is 0 Å². The topological polar surface area (TPSA) is 211 Å². The second-order valence-corrected chi connectivity index (χ2v) is 7.29. The molecule has 0 bridgehead atoms. The van der Waals surface area contributed by atoms with Gasteiger partial charge in [-0.25, -0.2) is 38.2 Å². The Labute approximate surface area is 204 Å². The summed E-state index contributed by atoms with van der Waals surface area (Å²) in [4.78, 5) is 64.7. The predicted molar refractivity (Wildman–Crippen MR) is 124 cm³/mol. The van der Waals surface area contributed by atoms with Crippen molar-refractivity contribution in [3.05, 3.63) is 83.5 Å². The number of ether oxygens (including phenoxy) is 1. The molecule has 2 heterocycles. The van der Waals surface area contributed by atoms with Gasteiger partial charge in [0, 0.05) is 24.7 Å². The highest BCUT2D eigenvalue weighted by molar-refractivity contribution is 6.13. The highest BCUT2D eigenvalue weighted by Gasteiger charge is 2.19. The van der Waals surface area contributed by atoms with Gasteiger partial charge in [-0.3, -0.25) is 9.59 Å². The molecule has 0 unspecified atom stereocenters. The number of nitrogens with two attached hydrogens (primary N) is 1. The number of carbonyl (C=O) groups excluding carboxylic acids is 1. The number of aromatic amines is 1. The van der Waals surface area contributed by atoms with Crippen molar-refractivity contribution in [2.24, 2.45) is 0 Å². The minimum Gasteiger partial charge on any atom is -0.477 e. The van der Waals surface area contributed by atoms with E-state index >= 15 is 0 Å². The molecule has 0 fully saturated rings. The molecule has 2 aromatic heterocycles. The van der Waals surface area contributed by atoms with Crippen molar-refractivity contribution in [2.45, 2.75) is 13.1 Å². The summed E-state index contributed by atoms with van der Waals surface area (Å²) in [6, 6.07) is 5.50. The SMILES string of the molecule is COC(=O)c1cc(C(=O)O)nc2nc(=O)[nH]n12.Nc1c(NCc2cc(CNCl)ccc2F)c(=O)c1=O. The van der Waals surface area contributed by atoms with Crippen molar-refractivity contribution >= 4 is 40.9 Å². The van der Waals surface area contributed by atoms with E-state index in [-0.39, 0.29) is 29.4 Å². The maximum atomic E-state index is 13.6. The number of H-pyrrole nitrogens is 1. The molecular formula is C20H17ClFN7O7. The number of anilines is 2. The molecule has 36 heavy (non-hydrogen) atoms. The fourth-order valence-corrected chi connectivity index (χ4v) is 3.13. The monoisotopic (exact) mass is 521 g/mol. The van der Waals surface area contributed by atoms with E-state index in [9.17, 15) is 28.4 Å². The lowest BCUT2D eigenvalue weighted by Gasteiger charge is -2.11. The number of hydrogen-bond donors (Lipinski definition) is 5. The lowest BCUT2D eigenvalue weighted by Crippen LogP contribution is -2.37. The molecule has 0 amide bonds. The zero-order valence-corrected chi connectivity index (χ0v) is 19.1. The van der Waals surface area contributed by atoms with E-state index in [1.165, 1.54) is 6.07 Å². The van der Waals surface area contributed by atoms with Crippen LogP contribution in [0.4, 0.5) is 15.8 Å². The van der Waals surface area contributed by atoms with Gasteiger partial charge in [0.2, 0.25) is 0 Å². The summed E-state index contributed by atoms with van der Waals surface area (Å²) in [5, 5.41) is 13.7. The lowest BCUT2D eigenvalue weighted by atomic mass is 10.1. The Bertz CT molecular complexity index is 1590. The van der Waals surface area contributed by atoms with Gasteiger partial charge >= 0.3 is 17.6 Å². The second kappa shape index (κ2) is 10.7. The van der Waals surface area contributed by atoms with Crippen LogP contribution in [-0.2, 0) is 17.8 Å². The number of esters is 1. The number of halogens is 2. The Morgan fingerprint density at radius 2 is 1.92 bits per heavy atom. The Kier molecular flexibility index (Phi) is 7.76. The van der Waals surface area contributed by atoms with E-state index in [1.807, 2.05) is 0 Å². The third-order valence-corrected chi connectivity index (χ3v) is 4.88. The maximum Gasteiger partial charge on any atom is 0.363 e. The number of carboxylic acid groups (broad SMARTS) is 1. The van der Waals surface area contributed by atoms with Crippen LogP contribution in [0.1, 0.15) is 32.1 Å². The quantitative estimate of drug-likeness (QED) is 0.121. The second-order valence-electron chi connectivity index (χ2n) is 7.02. The van der Waals surface area contributed by atoms with E-state index in [0.29, 0.717) is 12.1 Å². The van der Waals surface area contributed by atoms with E-state index in [0.717, 1.165) is 23.3 Å². The summed E-state index contributed by atoms with van der Waals surface area (Å²) in [6.45, 7) is 0.452. The van der Waals surface area contributed by atoms with E-state index in [4.69, 9.17) is 22.6 Å². The van der Waals surface area contributed by atoms with Crippen LogP contribution in [0.2, 0.25) is 0 Å². The number of methoxy groups -OCH3 is 1. The zero-order valence-electron chi connectivity index (χ0n) is 18.3. The van der Waals surface area contributed by atoms with E-state index in [2.05, 4.69) is 30.0 Å². The van der Waals surface area contributed by atoms with Gasteiger partial charge in [0.25, 0.3) is 16.6 Å². The summed E-state index contributed by atoms with van der Waals surface area (Å²) < 4.78 is 19.0. The zero-order chi connectivity index (χ0) is 26.6. The largest absolute Gasteiger partial charge is 0.477 e. The van der Waals surface area contributed by atoms with Crippen LogP contribution in [0.15, 0.2) is 38.6 Å². The molecule has 14 nitrogen and oxygen atoms in total. The van der Waals surface area contributed by atoms with Crippen LogP contribution in [0.3, 0.4) is 0 Å². The molecule has 0 saturated carbocycles. The summed E-state index contributed by atoms with van der Waals surface area (Å²) in [7, 11) is 1.13. The molecule has 6 N–H and O–H groups in total. The van der Waals surface area contributed by atoms with Gasteiger partial charge in [-0.2, -0.15) is 4.98 Å². The van der Waals surface area contributed by atoms with Gasteiger partial charge in [-0.15, -0.1) is 0 Å². The fourth-order valence-electron chi connectivity index (χ4n) is 2.97. The minimum atomic E-state index is -1.34. The number of nitrogen functional groups attached to an aromatic ring is 1. The molecule has 4 rings (SSSR count). The van der Waals surface area contributed by atoms with Gasteiger partial charge in [0.05, 0.1) is 7.11 Å². The van der Waals surface area contributed by atoms with Gasteiger partial charge in [0.1, 0.15) is 17.2 Å². The van der Waals surface area contributed by atoms with Gasteiger partial charge in [0.15, 0.2) is 11.4 Å². The first kappa shape index (κ1) is 26.0. The molecule has 0 spiro atoms. The number of benzene rings is 1. The Hall–Kier alpha value is -4.63. The first-order valence-electron chi connectivity index (χ1n) is 9.82. The number of nitrogens with zero attached hydrogens (tertiary/aromatic N) is 3. The normalized spacial score (nSPS) is 10.6. The minimum absolute atomic E-state index is 0.0465. The molecule has 0 radical (unpaired) electrons. The number of carbonyl (C=O) groups is 2. The van der Waals surface area contributed by atoms with Crippen LogP contribution in [0.5, 0.6) is 0 Å². The van der Waals surface area contributed by atoms with Gasteiger partial charge in [-0.1, -0.05) is 6.07 Å². The molecular weight excluding hydrogens is 505 g/mol. The molecule has 4 aromatic rings. The fraction of sp³-hybridized carbons (Fsp3) is 0.150. The Morgan fingerprint density at radius 1 is 1.19 bits per heavy atom. The number of fused-ring (bicyclic) bond motifs is 1. The Balaban J connectivity index is 0.000000202. The van der Waals surface area contributed by atoms with Crippen LogP contribution < -0.4 is 32.4 Å². The first-order valence-corrected chi connectivity index (χ1v) is 10.2. The molecule has 0 atom stereocenters.